The molecule has 0 saturated heterocycles. The number of hydrogen-bond donors (Lipinski definition) is 0. The summed E-state index contributed by atoms with van der Waals surface area (Å²) in [6.45, 7) is 6.88. The van der Waals surface area contributed by atoms with Crippen LogP contribution in [0.1, 0.15) is 19.4 Å². The fourth-order valence-corrected chi connectivity index (χ4v) is 3.44. The molecule has 1 aromatic rings. The van der Waals surface area contributed by atoms with Crippen molar-refractivity contribution in [2.75, 3.05) is 13.1 Å². The molecule has 0 bridgehead atoms. The smallest absolute Gasteiger partial charge is 0.207 e. The van der Waals surface area contributed by atoms with E-state index in [0.717, 1.165) is 11.1 Å². The minimum Gasteiger partial charge on any atom is -0.207 e. The minimum atomic E-state index is -3.37. The van der Waals surface area contributed by atoms with Gasteiger partial charge in [-0.2, -0.15) is 4.31 Å². The van der Waals surface area contributed by atoms with Gasteiger partial charge in [0.15, 0.2) is 0 Å². The third-order valence-corrected chi connectivity index (χ3v) is 4.87. The summed E-state index contributed by atoms with van der Waals surface area (Å²) in [7, 11) is -3.37. The zero-order valence-electron chi connectivity index (χ0n) is 11.6. The molecule has 102 valence electrons. The minimum absolute atomic E-state index is 0.366. The second kappa shape index (κ2) is 5.31. The lowest BCUT2D eigenvalue weighted by Crippen LogP contribution is -2.29. The van der Waals surface area contributed by atoms with Crippen LogP contribution in [0.2, 0.25) is 0 Å². The van der Waals surface area contributed by atoms with Gasteiger partial charge in [-0.05, 0) is 38.5 Å². The van der Waals surface area contributed by atoms with Crippen molar-refractivity contribution in [2.24, 2.45) is 0 Å². The molecule has 0 amide bonds. The van der Waals surface area contributed by atoms with Crippen molar-refractivity contribution in [2.45, 2.75) is 25.7 Å². The molecule has 0 atom stereocenters. The summed E-state index contributed by atoms with van der Waals surface area (Å²) in [5, 5.41) is 0. The van der Waals surface area contributed by atoms with Crippen LogP contribution in [-0.2, 0) is 10.0 Å². The Bertz CT molecular complexity index is 621. The third-order valence-electron chi connectivity index (χ3n) is 3.05. The van der Waals surface area contributed by atoms with Crippen LogP contribution in [0.15, 0.2) is 52.5 Å². The van der Waals surface area contributed by atoms with Gasteiger partial charge in [0.05, 0.1) is 4.90 Å². The van der Waals surface area contributed by atoms with Crippen molar-refractivity contribution in [1.29, 1.82) is 0 Å². The molecule has 0 aliphatic carbocycles. The van der Waals surface area contributed by atoms with Gasteiger partial charge < -0.3 is 0 Å². The molecule has 0 radical (unpaired) electrons. The topological polar surface area (TPSA) is 37.4 Å². The monoisotopic (exact) mass is 277 g/mol. The molecule has 0 aromatic heterocycles. The van der Waals surface area contributed by atoms with E-state index in [9.17, 15) is 8.42 Å². The summed E-state index contributed by atoms with van der Waals surface area (Å²) < 4.78 is 26.4. The highest BCUT2D eigenvalue weighted by Crippen LogP contribution is 2.22. The Morgan fingerprint density at radius 2 is 1.84 bits per heavy atom. The van der Waals surface area contributed by atoms with E-state index in [1.165, 1.54) is 9.88 Å². The van der Waals surface area contributed by atoms with Gasteiger partial charge in [-0.3, -0.25) is 0 Å². The quantitative estimate of drug-likeness (QED) is 0.852. The van der Waals surface area contributed by atoms with E-state index >= 15 is 0 Å². The fraction of sp³-hybridized carbons (Fsp3) is 0.333. The molecule has 0 saturated carbocycles. The van der Waals surface area contributed by atoms with Gasteiger partial charge in [-0.15, -0.1) is 0 Å². The number of hydrogen-bond acceptors (Lipinski definition) is 2. The van der Waals surface area contributed by atoms with Crippen LogP contribution in [-0.4, -0.2) is 25.8 Å². The molecule has 0 fully saturated rings. The molecular formula is C15H19NO2S. The Hall–Kier alpha value is -1.39. The predicted octanol–water partition coefficient (Wildman–Crippen LogP) is 2.89. The molecule has 0 spiro atoms. The van der Waals surface area contributed by atoms with Crippen LogP contribution in [0.5, 0.6) is 0 Å². The first-order chi connectivity index (χ1) is 8.89. The van der Waals surface area contributed by atoms with E-state index in [1.807, 2.05) is 45.1 Å². The Kier molecular flexibility index (Phi) is 3.92. The lowest BCUT2D eigenvalue weighted by atomic mass is 10.2. The Balaban J connectivity index is 2.20. The van der Waals surface area contributed by atoms with Crippen LogP contribution in [0.25, 0.3) is 0 Å². The van der Waals surface area contributed by atoms with E-state index in [0.29, 0.717) is 18.0 Å². The molecule has 0 N–H and O–H groups in total. The molecule has 19 heavy (non-hydrogen) atoms. The summed E-state index contributed by atoms with van der Waals surface area (Å²) in [6.07, 6.45) is 4.00. The lowest BCUT2D eigenvalue weighted by Gasteiger charge is -2.16. The maximum absolute atomic E-state index is 12.4. The highest BCUT2D eigenvalue weighted by molar-refractivity contribution is 7.89. The van der Waals surface area contributed by atoms with Gasteiger partial charge in [0.1, 0.15) is 0 Å². The van der Waals surface area contributed by atoms with Gasteiger partial charge >= 0.3 is 0 Å². The van der Waals surface area contributed by atoms with Crippen LogP contribution < -0.4 is 0 Å². The number of sulfonamides is 1. The zero-order chi connectivity index (χ0) is 14.0. The largest absolute Gasteiger partial charge is 0.243 e. The average molecular weight is 277 g/mol. The molecule has 2 rings (SSSR count). The molecule has 3 nitrogen and oxygen atoms in total. The number of benzene rings is 1. The van der Waals surface area contributed by atoms with Gasteiger partial charge in [-0.1, -0.05) is 35.4 Å². The predicted molar refractivity (Wildman–Crippen MR) is 77.5 cm³/mol. The van der Waals surface area contributed by atoms with Crippen molar-refractivity contribution >= 4 is 10.0 Å². The highest BCUT2D eigenvalue weighted by atomic mass is 32.2. The molecule has 1 heterocycles. The molecule has 1 aliphatic rings. The van der Waals surface area contributed by atoms with E-state index in [-0.39, 0.29) is 0 Å². The van der Waals surface area contributed by atoms with E-state index in [2.05, 4.69) is 0 Å². The van der Waals surface area contributed by atoms with Gasteiger partial charge in [0.25, 0.3) is 0 Å². The van der Waals surface area contributed by atoms with Crippen LogP contribution in [0, 0.1) is 6.92 Å². The second-order valence-corrected chi connectivity index (χ2v) is 7.05. The van der Waals surface area contributed by atoms with Crippen molar-refractivity contribution in [3.63, 3.8) is 0 Å². The van der Waals surface area contributed by atoms with Crippen LogP contribution in [0.3, 0.4) is 0 Å². The van der Waals surface area contributed by atoms with Crippen LogP contribution >= 0.6 is 0 Å². The summed E-state index contributed by atoms with van der Waals surface area (Å²) in [5.74, 6) is 0. The van der Waals surface area contributed by atoms with Crippen LogP contribution in [0.4, 0.5) is 0 Å². The van der Waals surface area contributed by atoms with Gasteiger partial charge in [0, 0.05) is 13.1 Å². The molecule has 0 unspecified atom stereocenters. The summed E-state index contributed by atoms with van der Waals surface area (Å²) >= 11 is 0. The maximum atomic E-state index is 12.4. The normalized spacial score (nSPS) is 16.3. The third kappa shape index (κ3) is 3.14. The second-order valence-electron chi connectivity index (χ2n) is 5.11. The van der Waals surface area contributed by atoms with Crippen molar-refractivity contribution in [3.8, 4) is 0 Å². The first kappa shape index (κ1) is 14.0. The molecule has 1 aliphatic heterocycles. The molecular weight excluding hydrogens is 258 g/mol. The lowest BCUT2D eigenvalue weighted by molar-refractivity contribution is 0.485. The standard InChI is InChI=1S/C15H19NO2S/c1-12(2)10-14-8-9-16(11-14)19(17,18)15-6-4-13(3)5-7-15/h4-8,10H,9,11H2,1-3H3. The first-order valence-corrected chi connectivity index (χ1v) is 7.74. The Morgan fingerprint density at radius 3 is 2.42 bits per heavy atom. The Labute approximate surface area is 115 Å². The number of aryl methyl sites for hydroxylation is 1. The SMILES string of the molecule is CC(C)=CC1=CCN(S(=O)(=O)c2ccc(C)cc2)C1. The summed E-state index contributed by atoms with van der Waals surface area (Å²) in [5.41, 5.74) is 3.31. The average Bonchev–Trinajstić information content (AvgIpc) is 2.78. The first-order valence-electron chi connectivity index (χ1n) is 6.30. The van der Waals surface area contributed by atoms with E-state index in [1.54, 1.807) is 12.1 Å². The highest BCUT2D eigenvalue weighted by Gasteiger charge is 2.27. The Morgan fingerprint density at radius 1 is 1.21 bits per heavy atom. The van der Waals surface area contributed by atoms with Gasteiger partial charge in [-0.25, -0.2) is 8.42 Å². The fourth-order valence-electron chi connectivity index (χ4n) is 2.07. The zero-order valence-corrected chi connectivity index (χ0v) is 12.4. The van der Waals surface area contributed by atoms with Crippen molar-refractivity contribution in [1.82, 2.24) is 4.31 Å². The number of nitrogens with zero attached hydrogens (tertiary/aromatic N) is 1. The van der Waals surface area contributed by atoms with Gasteiger partial charge in [0.2, 0.25) is 10.0 Å². The maximum Gasteiger partial charge on any atom is 0.243 e. The molecule has 1 aromatic carbocycles. The van der Waals surface area contributed by atoms with E-state index in [4.69, 9.17) is 0 Å². The summed E-state index contributed by atoms with van der Waals surface area (Å²) in [6, 6.07) is 6.99. The van der Waals surface area contributed by atoms with Crippen molar-refractivity contribution < 1.29 is 8.42 Å². The molecule has 4 heteroatoms. The number of rotatable bonds is 3. The number of allylic oxidation sites excluding steroid dienone is 1. The summed E-state index contributed by atoms with van der Waals surface area (Å²) in [4.78, 5) is 0.366. The van der Waals surface area contributed by atoms with E-state index < -0.39 is 10.0 Å². The van der Waals surface area contributed by atoms with Crippen molar-refractivity contribution in [3.05, 3.63) is 53.1 Å².